The first-order chi connectivity index (χ1) is 10.2. The monoisotopic (exact) mass is 446 g/mol. The Morgan fingerprint density at radius 1 is 0.478 bits per heavy atom. The summed E-state index contributed by atoms with van der Waals surface area (Å²) in [5.41, 5.74) is 0. The van der Waals surface area contributed by atoms with E-state index >= 15 is 0 Å². The van der Waals surface area contributed by atoms with Crippen molar-refractivity contribution in [1.82, 2.24) is 0 Å². The molecule has 0 aliphatic heterocycles. The quantitative estimate of drug-likeness (QED) is 0.464. The molecular weight excluding hydrogens is 404 g/mol. The maximum absolute atomic E-state index is 9.58. The molecule has 0 fully saturated rings. The SMILES string of the molecule is CCO.CCO.CC[Si](O)(CC)CC.CC[Si](O)(CC)CC.[Zr]. The first kappa shape index (κ1) is 35.3. The van der Waals surface area contributed by atoms with E-state index in [2.05, 4.69) is 41.5 Å². The van der Waals surface area contributed by atoms with Crippen molar-refractivity contribution in [2.75, 3.05) is 13.2 Å². The molecule has 0 radical (unpaired) electrons. The van der Waals surface area contributed by atoms with Gasteiger partial charge in [0.25, 0.3) is 0 Å². The summed E-state index contributed by atoms with van der Waals surface area (Å²) in [6.07, 6.45) is 0. The van der Waals surface area contributed by atoms with Gasteiger partial charge in [-0.3, -0.25) is 0 Å². The molecule has 4 N–H and O–H groups in total. The van der Waals surface area contributed by atoms with Gasteiger partial charge in [0.2, 0.25) is 0 Å². The van der Waals surface area contributed by atoms with E-state index in [9.17, 15) is 9.59 Å². The van der Waals surface area contributed by atoms with Crippen molar-refractivity contribution in [1.29, 1.82) is 0 Å². The van der Waals surface area contributed by atoms with Crippen LogP contribution in [0.1, 0.15) is 55.4 Å². The molecule has 23 heavy (non-hydrogen) atoms. The van der Waals surface area contributed by atoms with Gasteiger partial charge >= 0.3 is 0 Å². The zero-order valence-corrected chi connectivity index (χ0v) is 21.4. The Balaban J connectivity index is -0.0000000680. The molecule has 0 atom stereocenters. The molecule has 0 saturated carbocycles. The van der Waals surface area contributed by atoms with Gasteiger partial charge in [0.05, 0.1) is 0 Å². The summed E-state index contributed by atoms with van der Waals surface area (Å²) >= 11 is 0. The fourth-order valence-electron chi connectivity index (χ4n) is 1.50. The normalized spacial score (nSPS) is 9.91. The Bertz CT molecular complexity index is 154. The van der Waals surface area contributed by atoms with E-state index in [0.29, 0.717) is 0 Å². The third kappa shape index (κ3) is 28.2. The van der Waals surface area contributed by atoms with E-state index in [1.54, 1.807) is 13.8 Å². The zero-order chi connectivity index (χ0) is 18.7. The van der Waals surface area contributed by atoms with Gasteiger partial charge in [-0.2, -0.15) is 0 Å². The molecule has 0 aromatic heterocycles. The Morgan fingerprint density at radius 3 is 0.565 bits per heavy atom. The molecule has 0 aromatic carbocycles. The summed E-state index contributed by atoms with van der Waals surface area (Å²) in [5, 5.41) is 15.1. The van der Waals surface area contributed by atoms with Gasteiger partial charge in [-0.1, -0.05) is 41.5 Å². The largest absolute Gasteiger partial charge is 0.432 e. The molecule has 0 heterocycles. The molecule has 0 bridgehead atoms. The summed E-state index contributed by atoms with van der Waals surface area (Å²) in [6, 6.07) is 6.08. The van der Waals surface area contributed by atoms with Crippen LogP contribution in [0, 0.1) is 0 Å². The Hall–Kier alpha value is 1.16. The third-order valence-corrected chi connectivity index (χ3v) is 11.8. The predicted octanol–water partition coefficient (Wildman–Crippen LogP) is 3.96. The average molecular weight is 448 g/mol. The molecule has 144 valence electrons. The molecule has 0 rings (SSSR count). The first-order valence-electron chi connectivity index (χ1n) is 8.86. The maximum atomic E-state index is 9.58. The minimum absolute atomic E-state index is 0. The van der Waals surface area contributed by atoms with Gasteiger partial charge in [0, 0.05) is 39.4 Å². The number of aliphatic hydroxyl groups is 2. The van der Waals surface area contributed by atoms with Gasteiger partial charge in [-0.15, -0.1) is 0 Å². The second kappa shape index (κ2) is 25.4. The minimum atomic E-state index is -1.67. The molecule has 0 saturated heterocycles. The van der Waals surface area contributed by atoms with Crippen molar-refractivity contribution < 1.29 is 46.0 Å². The van der Waals surface area contributed by atoms with Crippen LogP contribution >= 0.6 is 0 Å². The molecule has 0 aliphatic rings. The second-order valence-electron chi connectivity index (χ2n) is 5.20. The summed E-state index contributed by atoms with van der Waals surface area (Å²) in [4.78, 5) is 19.2. The minimum Gasteiger partial charge on any atom is -0.432 e. The molecule has 4 nitrogen and oxygen atoms in total. The summed E-state index contributed by atoms with van der Waals surface area (Å²) < 4.78 is 0. The molecule has 7 heteroatoms. The van der Waals surface area contributed by atoms with E-state index in [-0.39, 0.29) is 39.4 Å². The van der Waals surface area contributed by atoms with Crippen molar-refractivity contribution in [2.45, 2.75) is 91.7 Å². The number of aliphatic hydroxyl groups excluding tert-OH is 2. The Morgan fingerprint density at radius 2 is 0.565 bits per heavy atom. The van der Waals surface area contributed by atoms with Gasteiger partial charge in [-0.25, -0.2) is 0 Å². The predicted molar refractivity (Wildman–Crippen MR) is 104 cm³/mol. The van der Waals surface area contributed by atoms with Crippen molar-refractivity contribution in [3.63, 3.8) is 0 Å². The van der Waals surface area contributed by atoms with Gasteiger partial charge in [-0.05, 0) is 50.1 Å². The number of hydrogen-bond donors (Lipinski definition) is 4. The molecule has 0 aliphatic carbocycles. The number of hydrogen-bond acceptors (Lipinski definition) is 4. The average Bonchev–Trinajstić information content (AvgIpc) is 2.55. The van der Waals surface area contributed by atoms with Crippen molar-refractivity contribution in [3.05, 3.63) is 0 Å². The van der Waals surface area contributed by atoms with Crippen LogP contribution in [0.25, 0.3) is 0 Å². The van der Waals surface area contributed by atoms with Crippen LogP contribution in [0.2, 0.25) is 36.3 Å². The van der Waals surface area contributed by atoms with Crippen LogP contribution in [0.5, 0.6) is 0 Å². The summed E-state index contributed by atoms with van der Waals surface area (Å²) in [6.45, 7) is 16.4. The summed E-state index contributed by atoms with van der Waals surface area (Å²) in [7, 11) is -3.34. The third-order valence-electron chi connectivity index (χ3n) is 3.95. The second-order valence-corrected chi connectivity index (χ2v) is 14.3. The van der Waals surface area contributed by atoms with Gasteiger partial charge < -0.3 is 19.8 Å². The van der Waals surface area contributed by atoms with Crippen molar-refractivity contribution in [3.8, 4) is 0 Å². The van der Waals surface area contributed by atoms with Crippen molar-refractivity contribution >= 4 is 16.6 Å². The fourth-order valence-corrected chi connectivity index (χ4v) is 4.50. The zero-order valence-electron chi connectivity index (χ0n) is 16.9. The molecular formula is C16H44O4Si2Zr. The van der Waals surface area contributed by atoms with Crippen LogP contribution < -0.4 is 0 Å². The van der Waals surface area contributed by atoms with Crippen LogP contribution in [-0.4, -0.2) is 49.7 Å². The van der Waals surface area contributed by atoms with Gasteiger partial charge in [0.1, 0.15) is 0 Å². The standard InChI is InChI=1S/2C6H16OSi.2C2H6O.Zr/c2*1-4-8(7,5-2)6-3;2*1-2-3;/h2*7H,4-6H2,1-3H3;2*3H,2H2,1H3;. The Kier molecular flexibility index (Phi) is 39.0. The molecule has 0 unspecified atom stereocenters. The molecule has 0 spiro atoms. The molecule has 0 aromatic rings. The molecule has 0 amide bonds. The van der Waals surface area contributed by atoms with E-state index < -0.39 is 16.6 Å². The van der Waals surface area contributed by atoms with Crippen molar-refractivity contribution in [2.24, 2.45) is 0 Å². The number of rotatable bonds is 6. The Labute approximate surface area is 167 Å². The van der Waals surface area contributed by atoms with E-state index in [0.717, 1.165) is 36.3 Å². The van der Waals surface area contributed by atoms with Crippen LogP contribution in [0.3, 0.4) is 0 Å². The smallest absolute Gasteiger partial charge is 0.187 e. The summed E-state index contributed by atoms with van der Waals surface area (Å²) in [5.74, 6) is 0. The van der Waals surface area contributed by atoms with E-state index in [1.807, 2.05) is 0 Å². The first-order valence-corrected chi connectivity index (χ1v) is 14.0. The van der Waals surface area contributed by atoms with Crippen LogP contribution in [0.4, 0.5) is 0 Å². The van der Waals surface area contributed by atoms with E-state index in [1.165, 1.54) is 0 Å². The fraction of sp³-hybridized carbons (Fsp3) is 1.00. The maximum Gasteiger partial charge on any atom is 0.187 e. The van der Waals surface area contributed by atoms with Gasteiger partial charge in [0.15, 0.2) is 16.6 Å². The van der Waals surface area contributed by atoms with E-state index in [4.69, 9.17) is 10.2 Å². The van der Waals surface area contributed by atoms with Crippen LogP contribution in [-0.2, 0) is 26.2 Å². The topological polar surface area (TPSA) is 80.9 Å². The van der Waals surface area contributed by atoms with Crippen LogP contribution in [0.15, 0.2) is 0 Å².